The molecule has 2 rings (SSSR count). The molecule has 0 radical (unpaired) electrons. The quantitative estimate of drug-likeness (QED) is 0.843. The van der Waals surface area contributed by atoms with Gasteiger partial charge in [0.2, 0.25) is 5.88 Å². The predicted molar refractivity (Wildman–Crippen MR) is 84.8 cm³/mol. The largest absolute Gasteiger partial charge is 0.475 e. The van der Waals surface area contributed by atoms with Gasteiger partial charge in [0.15, 0.2) is 5.82 Å². The van der Waals surface area contributed by atoms with Crippen molar-refractivity contribution in [1.82, 2.24) is 30.4 Å². The summed E-state index contributed by atoms with van der Waals surface area (Å²) in [5, 5.41) is 13.4. The summed E-state index contributed by atoms with van der Waals surface area (Å²) in [6.07, 6.45) is 3.28. The van der Waals surface area contributed by atoms with E-state index >= 15 is 0 Å². The van der Waals surface area contributed by atoms with Crippen LogP contribution >= 0.6 is 0 Å². The van der Waals surface area contributed by atoms with Crippen molar-refractivity contribution in [2.24, 2.45) is 7.05 Å². The van der Waals surface area contributed by atoms with Crippen LogP contribution in [0.25, 0.3) is 0 Å². The van der Waals surface area contributed by atoms with Crippen molar-refractivity contribution < 1.29 is 9.53 Å². The van der Waals surface area contributed by atoms with Gasteiger partial charge in [0, 0.05) is 25.4 Å². The average molecular weight is 318 g/mol. The molecule has 0 aromatic carbocycles. The minimum absolute atomic E-state index is 0.0217. The Labute approximate surface area is 135 Å². The summed E-state index contributed by atoms with van der Waals surface area (Å²) in [7, 11) is 1.83. The molecule has 124 valence electrons. The second-order valence-electron chi connectivity index (χ2n) is 5.48. The highest BCUT2D eigenvalue weighted by molar-refractivity contribution is 5.74. The highest BCUT2D eigenvalue weighted by atomic mass is 16.5. The Kier molecular flexibility index (Phi) is 5.51. The maximum absolute atomic E-state index is 12.0. The van der Waals surface area contributed by atoms with Crippen LogP contribution in [0.5, 0.6) is 5.88 Å². The summed E-state index contributed by atoms with van der Waals surface area (Å²) < 4.78 is 7.39. The number of aromatic nitrogens is 4. The zero-order chi connectivity index (χ0) is 16.8. The van der Waals surface area contributed by atoms with Crippen molar-refractivity contribution in [2.45, 2.75) is 39.5 Å². The van der Waals surface area contributed by atoms with Crippen LogP contribution in [0.15, 0.2) is 24.7 Å². The van der Waals surface area contributed by atoms with E-state index in [0.29, 0.717) is 18.2 Å². The van der Waals surface area contributed by atoms with Crippen LogP contribution in [0.1, 0.15) is 38.2 Å². The van der Waals surface area contributed by atoms with Crippen LogP contribution in [0, 0.1) is 0 Å². The fourth-order valence-electron chi connectivity index (χ4n) is 2.06. The first-order chi connectivity index (χ1) is 11.0. The normalized spacial score (nSPS) is 12.0. The molecule has 23 heavy (non-hydrogen) atoms. The van der Waals surface area contributed by atoms with E-state index in [4.69, 9.17) is 4.74 Å². The molecule has 8 heteroatoms. The molecule has 0 aliphatic rings. The van der Waals surface area contributed by atoms with E-state index in [1.165, 1.54) is 0 Å². The number of urea groups is 1. The lowest BCUT2D eigenvalue weighted by Crippen LogP contribution is -2.37. The molecule has 0 saturated carbocycles. The first-order valence-corrected chi connectivity index (χ1v) is 7.46. The first-order valence-electron chi connectivity index (χ1n) is 7.46. The van der Waals surface area contributed by atoms with E-state index in [2.05, 4.69) is 25.8 Å². The summed E-state index contributed by atoms with van der Waals surface area (Å²) in [6.45, 7) is 6.04. The molecule has 8 nitrogen and oxygen atoms in total. The van der Waals surface area contributed by atoms with Crippen molar-refractivity contribution in [3.63, 3.8) is 0 Å². The van der Waals surface area contributed by atoms with Crippen molar-refractivity contribution in [3.05, 3.63) is 36.0 Å². The third kappa shape index (κ3) is 4.67. The van der Waals surface area contributed by atoms with Gasteiger partial charge in [-0.2, -0.15) is 0 Å². The SMILES string of the molecule is CC(C)Oc1ncccc1CNC(=O)N[C@@H](C)c1nncn1C. The third-order valence-electron chi connectivity index (χ3n) is 3.12. The van der Waals surface area contributed by atoms with Crippen LogP contribution in [-0.4, -0.2) is 31.9 Å². The number of aryl methyl sites for hydroxylation is 1. The van der Waals surface area contributed by atoms with Crippen LogP contribution in [0.2, 0.25) is 0 Å². The van der Waals surface area contributed by atoms with E-state index < -0.39 is 0 Å². The minimum Gasteiger partial charge on any atom is -0.475 e. The zero-order valence-electron chi connectivity index (χ0n) is 13.8. The molecule has 0 unspecified atom stereocenters. The number of carbonyl (C=O) groups is 1. The molecule has 0 spiro atoms. The molecular formula is C15H22N6O2. The van der Waals surface area contributed by atoms with Crippen LogP contribution in [0.3, 0.4) is 0 Å². The van der Waals surface area contributed by atoms with Crippen LogP contribution < -0.4 is 15.4 Å². The molecule has 0 aliphatic heterocycles. The molecule has 2 aromatic rings. The lowest BCUT2D eigenvalue weighted by atomic mass is 10.2. The second-order valence-corrected chi connectivity index (χ2v) is 5.48. The number of ether oxygens (including phenoxy) is 1. The molecule has 2 amide bonds. The number of nitrogens with one attached hydrogen (secondary N) is 2. The molecule has 1 atom stereocenters. The molecule has 0 saturated heterocycles. The van der Waals surface area contributed by atoms with E-state index in [1.54, 1.807) is 17.1 Å². The van der Waals surface area contributed by atoms with Gasteiger partial charge in [-0.1, -0.05) is 6.07 Å². The van der Waals surface area contributed by atoms with Crippen molar-refractivity contribution in [2.75, 3.05) is 0 Å². The van der Waals surface area contributed by atoms with Crippen molar-refractivity contribution >= 4 is 6.03 Å². The summed E-state index contributed by atoms with van der Waals surface area (Å²) in [4.78, 5) is 16.2. The molecule has 0 bridgehead atoms. The lowest BCUT2D eigenvalue weighted by molar-refractivity contribution is 0.227. The smallest absolute Gasteiger partial charge is 0.315 e. The van der Waals surface area contributed by atoms with Gasteiger partial charge in [0.25, 0.3) is 0 Å². The van der Waals surface area contributed by atoms with E-state index in [-0.39, 0.29) is 18.2 Å². The maximum Gasteiger partial charge on any atom is 0.315 e. The second kappa shape index (κ2) is 7.57. The summed E-state index contributed by atoms with van der Waals surface area (Å²) in [5.41, 5.74) is 0.822. The van der Waals surface area contributed by atoms with E-state index in [1.807, 2.05) is 40.0 Å². The average Bonchev–Trinajstić information content (AvgIpc) is 2.92. The Balaban J connectivity index is 1.91. The van der Waals surface area contributed by atoms with Crippen molar-refractivity contribution in [3.8, 4) is 5.88 Å². The molecule has 0 fully saturated rings. The van der Waals surface area contributed by atoms with Crippen molar-refractivity contribution in [1.29, 1.82) is 0 Å². The summed E-state index contributed by atoms with van der Waals surface area (Å²) >= 11 is 0. The summed E-state index contributed by atoms with van der Waals surface area (Å²) in [6, 6.07) is 3.14. The molecular weight excluding hydrogens is 296 g/mol. The number of rotatable bonds is 6. The minimum atomic E-state index is -0.292. The first kappa shape index (κ1) is 16.7. The van der Waals surface area contributed by atoms with Gasteiger partial charge in [-0.15, -0.1) is 10.2 Å². The van der Waals surface area contributed by atoms with Gasteiger partial charge in [0.05, 0.1) is 12.1 Å². The highest BCUT2D eigenvalue weighted by Crippen LogP contribution is 2.15. The third-order valence-corrected chi connectivity index (χ3v) is 3.12. The Morgan fingerprint density at radius 3 is 2.83 bits per heavy atom. The number of nitrogens with zero attached hydrogens (tertiary/aromatic N) is 4. The lowest BCUT2D eigenvalue weighted by Gasteiger charge is -2.15. The fourth-order valence-corrected chi connectivity index (χ4v) is 2.06. The topological polar surface area (TPSA) is 94.0 Å². The molecule has 0 aliphatic carbocycles. The van der Waals surface area contributed by atoms with Crippen LogP contribution in [0.4, 0.5) is 4.79 Å². The number of hydrogen-bond acceptors (Lipinski definition) is 5. The Bertz CT molecular complexity index is 655. The molecule has 2 aromatic heterocycles. The number of pyridine rings is 1. The monoisotopic (exact) mass is 318 g/mol. The Morgan fingerprint density at radius 1 is 1.39 bits per heavy atom. The Morgan fingerprint density at radius 2 is 2.17 bits per heavy atom. The van der Waals surface area contributed by atoms with Gasteiger partial charge in [0.1, 0.15) is 6.33 Å². The number of hydrogen-bond donors (Lipinski definition) is 2. The van der Waals surface area contributed by atoms with Gasteiger partial charge >= 0.3 is 6.03 Å². The fraction of sp³-hybridized carbons (Fsp3) is 0.467. The van der Waals surface area contributed by atoms with Crippen LogP contribution in [-0.2, 0) is 13.6 Å². The molecule has 2 N–H and O–H groups in total. The highest BCUT2D eigenvalue weighted by Gasteiger charge is 2.14. The standard InChI is InChI=1S/C15H22N6O2/c1-10(2)23-14-12(6-5-7-16-14)8-17-15(22)19-11(3)13-20-18-9-21(13)4/h5-7,9-11H,8H2,1-4H3,(H2,17,19,22)/t11-/m0/s1. The Hall–Kier alpha value is -2.64. The van der Waals surface area contributed by atoms with Gasteiger partial charge in [-0.25, -0.2) is 9.78 Å². The maximum atomic E-state index is 12.0. The number of amides is 2. The van der Waals surface area contributed by atoms with E-state index in [0.717, 1.165) is 5.56 Å². The van der Waals surface area contributed by atoms with Gasteiger partial charge in [-0.3, -0.25) is 0 Å². The summed E-state index contributed by atoms with van der Waals surface area (Å²) in [5.74, 6) is 1.22. The van der Waals surface area contributed by atoms with Gasteiger partial charge in [-0.05, 0) is 26.8 Å². The molecule has 2 heterocycles. The van der Waals surface area contributed by atoms with Gasteiger partial charge < -0.3 is 19.9 Å². The zero-order valence-corrected chi connectivity index (χ0v) is 13.8. The predicted octanol–water partition coefficient (Wildman–Crippen LogP) is 1.56. The van der Waals surface area contributed by atoms with E-state index in [9.17, 15) is 4.79 Å². The number of carbonyl (C=O) groups excluding carboxylic acids is 1.